The van der Waals surface area contributed by atoms with Crippen molar-refractivity contribution in [1.82, 2.24) is 9.88 Å². The lowest BCUT2D eigenvalue weighted by molar-refractivity contribution is 0.156. The minimum atomic E-state index is 0.383. The monoisotopic (exact) mass is 282 g/mol. The molecule has 3 heteroatoms. The molecule has 1 saturated carbocycles. The van der Waals surface area contributed by atoms with Gasteiger partial charge in [-0.15, -0.1) is 0 Å². The molecule has 2 N–H and O–H groups in total. The van der Waals surface area contributed by atoms with Gasteiger partial charge >= 0.3 is 0 Å². The number of phenols is 1. The van der Waals surface area contributed by atoms with Gasteiger partial charge in [-0.3, -0.25) is 4.90 Å². The van der Waals surface area contributed by atoms with E-state index in [1.54, 1.807) is 6.07 Å². The molecule has 5 atom stereocenters. The fraction of sp³-hybridized carbons (Fsp3) is 0.556. The first-order valence-electron chi connectivity index (χ1n) is 8.33. The SMILES string of the molecule is CC[C@@H]1CC2CN3CCc4c([nH]c5ccc(O)cc45)[C@H]2C13. The highest BCUT2D eigenvalue weighted by Gasteiger charge is 2.54. The number of benzene rings is 1. The van der Waals surface area contributed by atoms with Crippen LogP contribution in [0.1, 0.15) is 36.9 Å². The molecule has 1 aliphatic carbocycles. The fourth-order valence-electron chi connectivity index (χ4n) is 5.50. The normalized spacial score (nSPS) is 36.9. The van der Waals surface area contributed by atoms with Gasteiger partial charge in [0.05, 0.1) is 0 Å². The lowest BCUT2D eigenvalue weighted by atomic mass is 9.91. The summed E-state index contributed by atoms with van der Waals surface area (Å²) in [6, 6.07) is 6.52. The number of aromatic hydroxyl groups is 1. The van der Waals surface area contributed by atoms with Crippen molar-refractivity contribution in [1.29, 1.82) is 0 Å². The number of hydrogen-bond acceptors (Lipinski definition) is 2. The number of phenolic OH excluding ortho intramolecular Hbond substituents is 1. The van der Waals surface area contributed by atoms with Gasteiger partial charge in [-0.25, -0.2) is 0 Å². The molecule has 0 amide bonds. The molecule has 0 spiro atoms. The van der Waals surface area contributed by atoms with Crippen molar-refractivity contribution in [3.63, 3.8) is 0 Å². The Kier molecular flexibility index (Phi) is 2.33. The van der Waals surface area contributed by atoms with Crippen molar-refractivity contribution in [3.8, 4) is 5.75 Å². The Labute approximate surface area is 125 Å². The Morgan fingerprint density at radius 1 is 1.38 bits per heavy atom. The number of hydrogen-bond donors (Lipinski definition) is 2. The van der Waals surface area contributed by atoms with E-state index in [4.69, 9.17) is 0 Å². The van der Waals surface area contributed by atoms with Gasteiger partial charge in [0.25, 0.3) is 0 Å². The van der Waals surface area contributed by atoms with Crippen LogP contribution in [0, 0.1) is 11.8 Å². The summed E-state index contributed by atoms with van der Waals surface area (Å²) in [4.78, 5) is 6.46. The number of nitrogens with one attached hydrogen (secondary N) is 1. The summed E-state index contributed by atoms with van der Waals surface area (Å²) in [5, 5.41) is 11.1. The van der Waals surface area contributed by atoms with E-state index in [0.717, 1.165) is 24.3 Å². The molecule has 3 nitrogen and oxygen atoms in total. The summed E-state index contributed by atoms with van der Waals surface area (Å²) in [6.45, 7) is 4.83. The highest BCUT2D eigenvalue weighted by atomic mass is 16.3. The lowest BCUT2D eigenvalue weighted by Crippen LogP contribution is -2.39. The number of H-pyrrole nitrogens is 1. The molecule has 2 aliphatic heterocycles. The predicted octanol–water partition coefficient (Wildman–Crippen LogP) is 3.24. The summed E-state index contributed by atoms with van der Waals surface area (Å²) in [6.07, 6.45) is 3.84. The van der Waals surface area contributed by atoms with Gasteiger partial charge in [-0.05, 0) is 48.4 Å². The van der Waals surface area contributed by atoms with E-state index in [1.807, 2.05) is 12.1 Å². The molecular weight excluding hydrogens is 260 g/mol. The zero-order valence-corrected chi connectivity index (χ0v) is 12.5. The quantitative estimate of drug-likeness (QED) is 0.843. The second-order valence-corrected chi connectivity index (χ2v) is 7.17. The van der Waals surface area contributed by atoms with Crippen LogP contribution in [0.15, 0.2) is 18.2 Å². The van der Waals surface area contributed by atoms with Crippen LogP contribution in [0.5, 0.6) is 5.75 Å². The van der Waals surface area contributed by atoms with E-state index < -0.39 is 0 Å². The van der Waals surface area contributed by atoms with Crippen LogP contribution in [0.2, 0.25) is 0 Å². The number of nitrogens with zero attached hydrogens (tertiary/aromatic N) is 1. The largest absolute Gasteiger partial charge is 0.508 e. The molecule has 1 aromatic heterocycles. The molecule has 4 bridgehead atoms. The highest BCUT2D eigenvalue weighted by Crippen LogP contribution is 2.55. The van der Waals surface area contributed by atoms with Crippen LogP contribution in [0.4, 0.5) is 0 Å². The van der Waals surface area contributed by atoms with Crippen LogP contribution >= 0.6 is 0 Å². The van der Waals surface area contributed by atoms with Gasteiger partial charge in [0.15, 0.2) is 0 Å². The molecular formula is C18H22N2O. The number of aromatic amines is 1. The van der Waals surface area contributed by atoms with E-state index in [1.165, 1.54) is 48.1 Å². The van der Waals surface area contributed by atoms with Crippen molar-refractivity contribution in [3.05, 3.63) is 29.5 Å². The van der Waals surface area contributed by atoms with Crippen LogP contribution in [0.25, 0.3) is 10.9 Å². The molecule has 1 saturated heterocycles. The first kappa shape index (κ1) is 12.1. The van der Waals surface area contributed by atoms with Crippen molar-refractivity contribution < 1.29 is 5.11 Å². The molecule has 3 aliphatic rings. The maximum atomic E-state index is 9.82. The summed E-state index contributed by atoms with van der Waals surface area (Å²) >= 11 is 0. The molecule has 2 aromatic rings. The lowest BCUT2D eigenvalue weighted by Gasteiger charge is -2.32. The summed E-state index contributed by atoms with van der Waals surface area (Å²) in [5.74, 6) is 2.79. The van der Waals surface area contributed by atoms with Gasteiger partial charge < -0.3 is 10.1 Å². The fourth-order valence-corrected chi connectivity index (χ4v) is 5.50. The second kappa shape index (κ2) is 4.04. The average Bonchev–Trinajstić information content (AvgIpc) is 3.08. The van der Waals surface area contributed by atoms with Crippen LogP contribution < -0.4 is 0 Å². The standard InChI is InChI=1S/C18H22N2O/c1-2-10-7-11-9-20-6-5-13-14-8-12(21)3-4-15(14)19-17(13)16(11)18(10)20/h3-4,8,10-11,16,18-19,21H,2,5-7,9H2,1H3/t10-,11?,16+,18?/m1/s1. The van der Waals surface area contributed by atoms with E-state index in [0.29, 0.717) is 11.7 Å². The summed E-state index contributed by atoms with van der Waals surface area (Å²) in [7, 11) is 0. The highest BCUT2D eigenvalue weighted by molar-refractivity contribution is 5.86. The Morgan fingerprint density at radius 2 is 2.29 bits per heavy atom. The third-order valence-corrected chi connectivity index (χ3v) is 6.28. The third-order valence-electron chi connectivity index (χ3n) is 6.28. The number of fused-ring (bicyclic) bond motifs is 3. The smallest absolute Gasteiger partial charge is 0.116 e. The third kappa shape index (κ3) is 1.48. The number of aromatic nitrogens is 1. The Bertz CT molecular complexity index is 719. The first-order valence-corrected chi connectivity index (χ1v) is 8.33. The van der Waals surface area contributed by atoms with Crippen molar-refractivity contribution in [2.75, 3.05) is 13.1 Å². The summed E-state index contributed by atoms with van der Waals surface area (Å²) < 4.78 is 0. The van der Waals surface area contributed by atoms with Gasteiger partial charge in [-0.2, -0.15) is 0 Å². The molecule has 110 valence electrons. The molecule has 5 rings (SSSR count). The first-order chi connectivity index (χ1) is 10.3. The Balaban J connectivity index is 1.71. The Morgan fingerprint density at radius 3 is 3.14 bits per heavy atom. The maximum absolute atomic E-state index is 9.82. The second-order valence-electron chi connectivity index (χ2n) is 7.17. The molecule has 1 aromatic carbocycles. The van der Waals surface area contributed by atoms with E-state index in [-0.39, 0.29) is 0 Å². The minimum Gasteiger partial charge on any atom is -0.508 e. The minimum absolute atomic E-state index is 0.383. The molecule has 21 heavy (non-hydrogen) atoms. The Hall–Kier alpha value is -1.48. The van der Waals surface area contributed by atoms with E-state index in [2.05, 4.69) is 16.8 Å². The molecule has 0 radical (unpaired) electrons. The zero-order valence-electron chi connectivity index (χ0n) is 12.5. The molecule has 3 heterocycles. The van der Waals surface area contributed by atoms with Crippen molar-refractivity contribution in [2.45, 2.75) is 38.1 Å². The average molecular weight is 282 g/mol. The van der Waals surface area contributed by atoms with Crippen molar-refractivity contribution >= 4 is 10.9 Å². The van der Waals surface area contributed by atoms with Gasteiger partial charge in [-0.1, -0.05) is 13.3 Å². The molecule has 3 unspecified atom stereocenters. The summed E-state index contributed by atoms with van der Waals surface area (Å²) in [5.41, 5.74) is 4.16. The predicted molar refractivity (Wildman–Crippen MR) is 83.7 cm³/mol. The van der Waals surface area contributed by atoms with Gasteiger partial charge in [0, 0.05) is 41.6 Å². The maximum Gasteiger partial charge on any atom is 0.116 e. The van der Waals surface area contributed by atoms with Crippen molar-refractivity contribution in [2.24, 2.45) is 11.8 Å². The van der Waals surface area contributed by atoms with E-state index >= 15 is 0 Å². The van der Waals surface area contributed by atoms with Crippen LogP contribution in [-0.4, -0.2) is 34.1 Å². The zero-order chi connectivity index (χ0) is 14.1. The topological polar surface area (TPSA) is 39.3 Å². The van der Waals surface area contributed by atoms with E-state index in [9.17, 15) is 5.11 Å². The number of rotatable bonds is 1. The molecule has 2 fully saturated rings. The van der Waals surface area contributed by atoms with Crippen LogP contribution in [-0.2, 0) is 6.42 Å². The van der Waals surface area contributed by atoms with Gasteiger partial charge in [0.2, 0.25) is 0 Å². The van der Waals surface area contributed by atoms with Gasteiger partial charge in [0.1, 0.15) is 5.75 Å². The van der Waals surface area contributed by atoms with Crippen LogP contribution in [0.3, 0.4) is 0 Å². The number of piperidine rings is 1.